The van der Waals surface area contributed by atoms with Gasteiger partial charge in [0.15, 0.2) is 11.5 Å². The third-order valence-electron chi connectivity index (χ3n) is 3.87. The van der Waals surface area contributed by atoms with Crippen molar-refractivity contribution in [3.8, 4) is 17.2 Å². The van der Waals surface area contributed by atoms with Crippen molar-refractivity contribution in [2.24, 2.45) is 0 Å². The van der Waals surface area contributed by atoms with Gasteiger partial charge in [0, 0.05) is 0 Å². The topological polar surface area (TPSA) is 56.8 Å². The minimum Gasteiger partial charge on any atom is -0.493 e. The zero-order valence-electron chi connectivity index (χ0n) is 15.3. The fraction of sp³-hybridized carbons (Fsp3) is 0.200. The molecule has 0 spiro atoms. The van der Waals surface area contributed by atoms with Crippen LogP contribution in [0.1, 0.15) is 11.1 Å². The van der Waals surface area contributed by atoms with Gasteiger partial charge >= 0.3 is 0 Å². The van der Waals surface area contributed by atoms with Gasteiger partial charge < -0.3 is 19.5 Å². The summed E-state index contributed by atoms with van der Waals surface area (Å²) in [6, 6.07) is 11.6. The Bertz CT molecular complexity index is 946. The maximum absolute atomic E-state index is 11.9. The van der Waals surface area contributed by atoms with Gasteiger partial charge in [0.2, 0.25) is 0 Å². The molecule has 0 radical (unpaired) electrons. The number of carbonyl (C=O) groups excluding carboxylic acids is 1. The quantitative estimate of drug-likeness (QED) is 0.247. The van der Waals surface area contributed by atoms with Gasteiger partial charge in [-0.3, -0.25) is 4.79 Å². The molecule has 5 nitrogen and oxygen atoms in total. The van der Waals surface area contributed by atoms with Crippen LogP contribution in [-0.4, -0.2) is 30.6 Å². The molecule has 146 valence electrons. The summed E-state index contributed by atoms with van der Waals surface area (Å²) in [5.74, 6) is 1.91. The predicted molar refractivity (Wildman–Crippen MR) is 124 cm³/mol. The van der Waals surface area contributed by atoms with Crippen LogP contribution in [0.15, 0.2) is 41.3 Å². The summed E-state index contributed by atoms with van der Waals surface area (Å²) in [5.41, 5.74) is 1.92. The Labute approximate surface area is 187 Å². The number of methoxy groups -OCH3 is 1. The van der Waals surface area contributed by atoms with Crippen molar-refractivity contribution in [3.05, 3.63) is 56.0 Å². The zero-order valence-corrected chi connectivity index (χ0v) is 19.1. The Balaban J connectivity index is 1.68. The van der Waals surface area contributed by atoms with Crippen LogP contribution in [0.3, 0.4) is 0 Å². The minimum atomic E-state index is -0.183. The lowest BCUT2D eigenvalue weighted by molar-refractivity contribution is -0.115. The molecule has 0 bridgehead atoms. The maximum Gasteiger partial charge on any atom is 0.263 e. The fourth-order valence-corrected chi connectivity index (χ4v) is 4.37. The van der Waals surface area contributed by atoms with Crippen LogP contribution >= 0.6 is 46.6 Å². The molecule has 2 aromatic carbocycles. The second-order valence-corrected chi connectivity index (χ2v) is 8.73. The number of para-hydroxylation sites is 1. The molecule has 3 rings (SSSR count). The molecule has 1 amide bonds. The Hall–Kier alpha value is -1.78. The Morgan fingerprint density at radius 1 is 1.18 bits per heavy atom. The van der Waals surface area contributed by atoms with Crippen molar-refractivity contribution < 1.29 is 19.0 Å². The summed E-state index contributed by atoms with van der Waals surface area (Å²) in [6.07, 6.45) is 1.79. The Morgan fingerprint density at radius 3 is 2.61 bits per heavy atom. The van der Waals surface area contributed by atoms with Gasteiger partial charge in [0.05, 0.1) is 15.6 Å². The van der Waals surface area contributed by atoms with Crippen molar-refractivity contribution in [2.45, 2.75) is 6.92 Å². The van der Waals surface area contributed by atoms with E-state index in [0.717, 1.165) is 20.4 Å². The molecule has 0 aliphatic carbocycles. The minimum absolute atomic E-state index is 0.183. The highest BCUT2D eigenvalue weighted by atomic mass is 127. The second kappa shape index (κ2) is 9.62. The first kappa shape index (κ1) is 20.9. The average molecular weight is 527 g/mol. The van der Waals surface area contributed by atoms with Crippen LogP contribution in [0.5, 0.6) is 17.2 Å². The summed E-state index contributed by atoms with van der Waals surface area (Å²) in [7, 11) is 1.59. The number of rotatable bonds is 7. The highest BCUT2D eigenvalue weighted by molar-refractivity contribution is 14.1. The standard InChI is InChI=1S/C20H18INO4S2/c1-12-5-3-4-6-15(12)25-7-8-26-18-14(21)9-13(10-16(18)24-2)11-17-19(23)22-20(27)28-17/h3-6,9-11H,7-8H2,1-2H3,(H,22,23,27)/b17-11-. The molecule has 1 aliphatic rings. The number of thioether (sulfide) groups is 1. The van der Waals surface area contributed by atoms with Crippen LogP contribution in [0.2, 0.25) is 0 Å². The van der Waals surface area contributed by atoms with E-state index in [1.54, 1.807) is 13.2 Å². The van der Waals surface area contributed by atoms with E-state index in [-0.39, 0.29) is 5.91 Å². The van der Waals surface area contributed by atoms with Crippen molar-refractivity contribution >= 4 is 62.9 Å². The molecule has 1 fully saturated rings. The Kier molecular flexibility index (Phi) is 7.19. The Morgan fingerprint density at radius 2 is 1.93 bits per heavy atom. The molecule has 8 heteroatoms. The number of aryl methyl sites for hydroxylation is 1. The van der Waals surface area contributed by atoms with E-state index >= 15 is 0 Å². The van der Waals surface area contributed by atoms with Crippen molar-refractivity contribution in [2.75, 3.05) is 20.3 Å². The highest BCUT2D eigenvalue weighted by Gasteiger charge is 2.22. The number of halogens is 1. The highest BCUT2D eigenvalue weighted by Crippen LogP contribution is 2.36. The van der Waals surface area contributed by atoms with Crippen LogP contribution < -0.4 is 19.5 Å². The van der Waals surface area contributed by atoms with Gasteiger partial charge in [0.25, 0.3) is 5.91 Å². The summed E-state index contributed by atoms with van der Waals surface area (Å²) < 4.78 is 18.5. The molecular formula is C20H18INO4S2. The summed E-state index contributed by atoms with van der Waals surface area (Å²) in [5, 5.41) is 2.61. The zero-order chi connectivity index (χ0) is 20.1. The predicted octanol–water partition coefficient (Wildman–Crippen LogP) is 4.55. The van der Waals surface area contributed by atoms with Crippen molar-refractivity contribution in [1.82, 2.24) is 5.32 Å². The van der Waals surface area contributed by atoms with Crippen LogP contribution in [0.4, 0.5) is 0 Å². The monoisotopic (exact) mass is 527 g/mol. The molecule has 0 atom stereocenters. The first-order chi connectivity index (χ1) is 13.5. The summed E-state index contributed by atoms with van der Waals surface area (Å²) in [4.78, 5) is 12.4. The summed E-state index contributed by atoms with van der Waals surface area (Å²) >= 11 is 8.46. The van der Waals surface area contributed by atoms with Gasteiger partial charge in [-0.1, -0.05) is 42.2 Å². The van der Waals surface area contributed by atoms with E-state index in [1.165, 1.54) is 11.8 Å². The van der Waals surface area contributed by atoms with Gasteiger partial charge in [0.1, 0.15) is 23.3 Å². The van der Waals surface area contributed by atoms with E-state index < -0.39 is 0 Å². The SMILES string of the molecule is COc1cc(/C=C2\SC(=S)NC2=O)cc(I)c1OCCOc1ccccc1C. The fourth-order valence-electron chi connectivity index (χ4n) is 2.55. The number of hydrogen-bond acceptors (Lipinski definition) is 6. The first-order valence-corrected chi connectivity index (χ1v) is 10.7. The second-order valence-electron chi connectivity index (χ2n) is 5.85. The molecule has 1 saturated heterocycles. The molecule has 1 N–H and O–H groups in total. The molecule has 0 unspecified atom stereocenters. The van der Waals surface area contributed by atoms with E-state index in [1.807, 2.05) is 43.3 Å². The number of carbonyl (C=O) groups is 1. The molecule has 0 saturated carbocycles. The van der Waals surface area contributed by atoms with E-state index in [4.69, 9.17) is 26.4 Å². The maximum atomic E-state index is 11.9. The van der Waals surface area contributed by atoms with Crippen LogP contribution in [0, 0.1) is 10.5 Å². The molecule has 2 aromatic rings. The number of hydrogen-bond donors (Lipinski definition) is 1. The third kappa shape index (κ3) is 5.18. The third-order valence-corrected chi connectivity index (χ3v) is 5.84. The van der Waals surface area contributed by atoms with Gasteiger partial charge in [-0.15, -0.1) is 0 Å². The van der Waals surface area contributed by atoms with E-state index in [9.17, 15) is 4.79 Å². The average Bonchev–Trinajstić information content (AvgIpc) is 2.98. The number of amides is 1. The molecule has 0 aromatic heterocycles. The van der Waals surface area contributed by atoms with Crippen LogP contribution in [0.25, 0.3) is 6.08 Å². The first-order valence-electron chi connectivity index (χ1n) is 8.41. The van der Waals surface area contributed by atoms with E-state index in [2.05, 4.69) is 27.9 Å². The largest absolute Gasteiger partial charge is 0.493 e. The molecule has 1 heterocycles. The smallest absolute Gasteiger partial charge is 0.263 e. The van der Waals surface area contributed by atoms with E-state index in [0.29, 0.717) is 33.9 Å². The number of thiocarbonyl (C=S) groups is 1. The molecular weight excluding hydrogens is 509 g/mol. The lowest BCUT2D eigenvalue weighted by atomic mass is 10.2. The number of benzene rings is 2. The normalized spacial score (nSPS) is 14.9. The lowest BCUT2D eigenvalue weighted by Crippen LogP contribution is -2.17. The lowest BCUT2D eigenvalue weighted by Gasteiger charge is -2.14. The van der Waals surface area contributed by atoms with Gasteiger partial charge in [-0.2, -0.15) is 0 Å². The van der Waals surface area contributed by atoms with Gasteiger partial charge in [-0.25, -0.2) is 0 Å². The molecule has 28 heavy (non-hydrogen) atoms. The summed E-state index contributed by atoms with van der Waals surface area (Å²) in [6.45, 7) is 2.81. The van der Waals surface area contributed by atoms with Crippen LogP contribution in [-0.2, 0) is 4.79 Å². The number of nitrogens with one attached hydrogen (secondary N) is 1. The van der Waals surface area contributed by atoms with Gasteiger partial charge in [-0.05, 0) is 64.9 Å². The molecule has 1 aliphatic heterocycles. The van der Waals surface area contributed by atoms with Crippen molar-refractivity contribution in [1.29, 1.82) is 0 Å². The van der Waals surface area contributed by atoms with Crippen molar-refractivity contribution in [3.63, 3.8) is 0 Å². The number of ether oxygens (including phenoxy) is 3.